The third kappa shape index (κ3) is 2.37. The van der Waals surface area contributed by atoms with E-state index in [2.05, 4.69) is 41.7 Å². The van der Waals surface area contributed by atoms with Gasteiger partial charge in [0.05, 0.1) is 17.6 Å². The average molecular weight is 278 g/mol. The number of ether oxygens (including phenoxy) is 1. The Hall–Kier alpha value is -1.40. The first-order valence-electron chi connectivity index (χ1n) is 6.37. The smallest absolute Gasteiger partial charge is 0.223 e. The van der Waals surface area contributed by atoms with Gasteiger partial charge in [-0.3, -0.25) is 0 Å². The lowest BCUT2D eigenvalue weighted by Crippen LogP contribution is -2.48. The van der Waals surface area contributed by atoms with Crippen molar-refractivity contribution in [2.24, 2.45) is 0 Å². The number of nitrogen functional groups attached to an aromatic ring is 1. The SMILES string of the molecule is Cc1cc2c(N3CCOC(C)(C)C3)nc(N)nc2s1. The maximum atomic E-state index is 5.83. The number of thiophene rings is 1. The number of nitrogens with zero attached hydrogens (tertiary/aromatic N) is 3. The van der Waals surface area contributed by atoms with Gasteiger partial charge in [0, 0.05) is 18.0 Å². The predicted octanol–water partition coefficient (Wildman–Crippen LogP) is 2.20. The number of fused-ring (bicyclic) bond motifs is 1. The second-order valence-corrected chi connectivity index (χ2v) is 6.75. The van der Waals surface area contributed by atoms with Gasteiger partial charge in [-0.05, 0) is 26.8 Å². The molecule has 0 aromatic carbocycles. The number of rotatable bonds is 1. The third-order valence-electron chi connectivity index (χ3n) is 3.24. The molecule has 0 spiro atoms. The molecule has 0 unspecified atom stereocenters. The van der Waals surface area contributed by atoms with E-state index in [0.29, 0.717) is 12.6 Å². The van der Waals surface area contributed by atoms with Crippen molar-refractivity contribution in [2.45, 2.75) is 26.4 Å². The number of aryl methyl sites for hydroxylation is 1. The number of nitrogens with two attached hydrogens (primary N) is 1. The minimum absolute atomic E-state index is 0.157. The summed E-state index contributed by atoms with van der Waals surface area (Å²) in [5.41, 5.74) is 5.68. The molecule has 0 saturated carbocycles. The minimum atomic E-state index is -0.157. The summed E-state index contributed by atoms with van der Waals surface area (Å²) in [6, 6.07) is 2.14. The fourth-order valence-corrected chi connectivity index (χ4v) is 3.36. The Labute approximate surface area is 116 Å². The van der Waals surface area contributed by atoms with Crippen molar-refractivity contribution < 1.29 is 4.74 Å². The van der Waals surface area contributed by atoms with Crippen molar-refractivity contribution in [3.63, 3.8) is 0 Å². The van der Waals surface area contributed by atoms with Gasteiger partial charge in [-0.25, -0.2) is 4.98 Å². The van der Waals surface area contributed by atoms with Gasteiger partial charge < -0.3 is 15.4 Å². The molecule has 2 aromatic rings. The third-order valence-corrected chi connectivity index (χ3v) is 4.18. The van der Waals surface area contributed by atoms with Crippen LogP contribution in [0, 0.1) is 6.92 Å². The fourth-order valence-electron chi connectivity index (χ4n) is 2.48. The van der Waals surface area contributed by atoms with Crippen LogP contribution in [-0.2, 0) is 4.74 Å². The van der Waals surface area contributed by atoms with Gasteiger partial charge in [0.2, 0.25) is 5.95 Å². The highest BCUT2D eigenvalue weighted by molar-refractivity contribution is 7.18. The monoisotopic (exact) mass is 278 g/mol. The van der Waals surface area contributed by atoms with Crippen LogP contribution in [0.2, 0.25) is 0 Å². The van der Waals surface area contributed by atoms with Crippen molar-refractivity contribution in [1.82, 2.24) is 9.97 Å². The van der Waals surface area contributed by atoms with Gasteiger partial charge in [0.1, 0.15) is 10.6 Å². The molecule has 0 radical (unpaired) electrons. The first kappa shape index (κ1) is 12.6. The highest BCUT2D eigenvalue weighted by atomic mass is 32.1. The quantitative estimate of drug-likeness (QED) is 0.866. The number of hydrogen-bond donors (Lipinski definition) is 1. The predicted molar refractivity (Wildman–Crippen MR) is 78.8 cm³/mol. The van der Waals surface area contributed by atoms with E-state index in [-0.39, 0.29) is 5.60 Å². The van der Waals surface area contributed by atoms with Crippen LogP contribution in [0.1, 0.15) is 18.7 Å². The van der Waals surface area contributed by atoms with Gasteiger partial charge in [0.15, 0.2) is 0 Å². The van der Waals surface area contributed by atoms with Gasteiger partial charge in [-0.2, -0.15) is 4.98 Å². The lowest BCUT2D eigenvalue weighted by molar-refractivity contribution is -0.0278. The second-order valence-electron chi connectivity index (χ2n) is 5.51. The molecule has 0 atom stereocenters. The van der Waals surface area contributed by atoms with E-state index < -0.39 is 0 Å². The second kappa shape index (κ2) is 4.31. The molecule has 0 bridgehead atoms. The molecule has 102 valence electrons. The summed E-state index contributed by atoms with van der Waals surface area (Å²) in [6.45, 7) is 8.63. The molecular weight excluding hydrogens is 260 g/mol. The first-order chi connectivity index (χ1) is 8.94. The number of morpholine rings is 1. The summed E-state index contributed by atoms with van der Waals surface area (Å²) < 4.78 is 5.75. The van der Waals surface area contributed by atoms with Crippen LogP contribution in [0.5, 0.6) is 0 Å². The van der Waals surface area contributed by atoms with E-state index in [1.807, 2.05) is 0 Å². The van der Waals surface area contributed by atoms with Crippen molar-refractivity contribution in [3.05, 3.63) is 10.9 Å². The van der Waals surface area contributed by atoms with Crippen LogP contribution in [0.3, 0.4) is 0 Å². The van der Waals surface area contributed by atoms with Gasteiger partial charge in [-0.1, -0.05) is 0 Å². The molecule has 1 aliphatic heterocycles. The molecule has 5 nitrogen and oxygen atoms in total. The number of hydrogen-bond acceptors (Lipinski definition) is 6. The maximum Gasteiger partial charge on any atom is 0.223 e. The van der Waals surface area contributed by atoms with Crippen LogP contribution in [0.15, 0.2) is 6.07 Å². The topological polar surface area (TPSA) is 64.3 Å². The van der Waals surface area contributed by atoms with Crippen molar-refractivity contribution in [1.29, 1.82) is 0 Å². The Morgan fingerprint density at radius 2 is 2.21 bits per heavy atom. The van der Waals surface area contributed by atoms with Crippen LogP contribution in [0.25, 0.3) is 10.2 Å². The lowest BCUT2D eigenvalue weighted by atomic mass is 10.1. The molecule has 3 rings (SSSR count). The summed E-state index contributed by atoms with van der Waals surface area (Å²) in [7, 11) is 0. The van der Waals surface area contributed by atoms with Crippen molar-refractivity contribution in [2.75, 3.05) is 30.3 Å². The first-order valence-corrected chi connectivity index (χ1v) is 7.19. The van der Waals surface area contributed by atoms with Crippen LogP contribution >= 0.6 is 11.3 Å². The molecule has 3 heterocycles. The summed E-state index contributed by atoms with van der Waals surface area (Å²) in [6.07, 6.45) is 0. The molecule has 6 heteroatoms. The lowest BCUT2D eigenvalue weighted by Gasteiger charge is -2.39. The van der Waals surface area contributed by atoms with Crippen molar-refractivity contribution in [3.8, 4) is 0 Å². The zero-order valence-corrected chi connectivity index (χ0v) is 12.3. The van der Waals surface area contributed by atoms with Crippen LogP contribution in [0.4, 0.5) is 11.8 Å². The molecule has 1 aliphatic rings. The molecule has 0 amide bonds. The van der Waals surface area contributed by atoms with E-state index in [1.165, 1.54) is 4.88 Å². The molecule has 0 aliphatic carbocycles. The molecular formula is C13H18N4OS. The van der Waals surface area contributed by atoms with Crippen LogP contribution in [-0.4, -0.2) is 35.3 Å². The Balaban J connectivity index is 2.08. The highest BCUT2D eigenvalue weighted by Crippen LogP contribution is 2.33. The summed E-state index contributed by atoms with van der Waals surface area (Å²) in [4.78, 5) is 13.2. The summed E-state index contributed by atoms with van der Waals surface area (Å²) >= 11 is 1.66. The van der Waals surface area contributed by atoms with E-state index in [9.17, 15) is 0 Å². The highest BCUT2D eigenvalue weighted by Gasteiger charge is 2.29. The Bertz CT molecular complexity index is 622. The van der Waals surface area contributed by atoms with Gasteiger partial charge >= 0.3 is 0 Å². The zero-order valence-electron chi connectivity index (χ0n) is 11.4. The molecule has 2 aromatic heterocycles. The largest absolute Gasteiger partial charge is 0.372 e. The molecule has 1 saturated heterocycles. The van der Waals surface area contributed by atoms with E-state index >= 15 is 0 Å². The van der Waals surface area contributed by atoms with Crippen LogP contribution < -0.4 is 10.6 Å². The minimum Gasteiger partial charge on any atom is -0.372 e. The average Bonchev–Trinajstić information content (AvgIpc) is 2.66. The summed E-state index contributed by atoms with van der Waals surface area (Å²) in [5.74, 6) is 1.27. The summed E-state index contributed by atoms with van der Waals surface area (Å²) in [5, 5.41) is 1.09. The maximum absolute atomic E-state index is 5.83. The molecule has 1 fully saturated rings. The standard InChI is InChI=1S/C13H18N4OS/c1-8-6-9-10(15-12(14)16-11(9)19-8)17-4-5-18-13(2,3)7-17/h6H,4-5,7H2,1-3H3,(H2,14,15,16). The molecule has 2 N–H and O–H groups in total. The fraction of sp³-hybridized carbons (Fsp3) is 0.538. The van der Waals surface area contributed by atoms with E-state index in [4.69, 9.17) is 10.5 Å². The normalized spacial score (nSPS) is 19.0. The van der Waals surface area contributed by atoms with Gasteiger partial charge in [0.25, 0.3) is 0 Å². The van der Waals surface area contributed by atoms with E-state index in [0.717, 1.165) is 29.1 Å². The zero-order chi connectivity index (χ0) is 13.6. The van der Waals surface area contributed by atoms with Crippen molar-refractivity contribution >= 4 is 33.3 Å². The number of anilines is 2. The Morgan fingerprint density at radius 1 is 1.42 bits per heavy atom. The molecule has 19 heavy (non-hydrogen) atoms. The van der Waals surface area contributed by atoms with E-state index in [1.54, 1.807) is 11.3 Å². The Morgan fingerprint density at radius 3 is 2.95 bits per heavy atom. The van der Waals surface area contributed by atoms with Gasteiger partial charge in [-0.15, -0.1) is 11.3 Å². The number of aromatic nitrogens is 2. The Kier molecular flexibility index (Phi) is 2.87.